The molecule has 2 atom stereocenters. The summed E-state index contributed by atoms with van der Waals surface area (Å²) in [6.45, 7) is 4.80. The SMILES string of the molecule is CC(C)C[C@@H]1C[C@H](Nc2ncccc2C(F)(F)F)CCO1. The minimum Gasteiger partial charge on any atom is -0.378 e. The maximum atomic E-state index is 12.9. The van der Waals surface area contributed by atoms with Gasteiger partial charge in [-0.15, -0.1) is 0 Å². The van der Waals surface area contributed by atoms with Gasteiger partial charge in [0.05, 0.1) is 11.7 Å². The van der Waals surface area contributed by atoms with Crippen molar-refractivity contribution in [3.8, 4) is 0 Å². The number of alkyl halides is 3. The molecule has 0 bridgehead atoms. The topological polar surface area (TPSA) is 34.2 Å². The monoisotopic (exact) mass is 302 g/mol. The first-order chi connectivity index (χ1) is 9.86. The number of pyridine rings is 1. The molecule has 6 heteroatoms. The molecule has 1 aliphatic heterocycles. The van der Waals surface area contributed by atoms with Crippen LogP contribution in [0.25, 0.3) is 0 Å². The summed E-state index contributed by atoms with van der Waals surface area (Å²) in [6, 6.07) is 2.33. The van der Waals surface area contributed by atoms with E-state index in [9.17, 15) is 13.2 Å². The molecule has 21 heavy (non-hydrogen) atoms. The molecule has 2 heterocycles. The molecule has 0 spiro atoms. The van der Waals surface area contributed by atoms with E-state index >= 15 is 0 Å². The van der Waals surface area contributed by atoms with Crippen molar-refractivity contribution in [2.24, 2.45) is 5.92 Å². The second-order valence-electron chi connectivity index (χ2n) is 5.89. The number of aromatic nitrogens is 1. The summed E-state index contributed by atoms with van der Waals surface area (Å²) >= 11 is 0. The van der Waals surface area contributed by atoms with Gasteiger partial charge in [0.25, 0.3) is 0 Å². The van der Waals surface area contributed by atoms with E-state index in [0.717, 1.165) is 12.5 Å². The average Bonchev–Trinajstić information content (AvgIpc) is 2.37. The molecular formula is C15H21F3N2O. The average molecular weight is 302 g/mol. The van der Waals surface area contributed by atoms with Gasteiger partial charge >= 0.3 is 6.18 Å². The fraction of sp³-hybridized carbons (Fsp3) is 0.667. The lowest BCUT2D eigenvalue weighted by Crippen LogP contribution is -2.35. The number of hydrogen-bond acceptors (Lipinski definition) is 3. The Morgan fingerprint density at radius 3 is 2.86 bits per heavy atom. The molecule has 0 saturated carbocycles. The molecule has 1 aromatic rings. The number of ether oxygens (including phenoxy) is 1. The van der Waals surface area contributed by atoms with E-state index in [4.69, 9.17) is 4.74 Å². The van der Waals surface area contributed by atoms with Crippen LogP contribution in [0.1, 0.15) is 38.7 Å². The highest BCUT2D eigenvalue weighted by atomic mass is 19.4. The number of hydrogen-bond donors (Lipinski definition) is 1. The molecule has 118 valence electrons. The highest BCUT2D eigenvalue weighted by Crippen LogP contribution is 2.34. The first-order valence-electron chi connectivity index (χ1n) is 7.26. The van der Waals surface area contributed by atoms with E-state index < -0.39 is 11.7 Å². The molecule has 1 aliphatic rings. The third-order valence-electron chi connectivity index (χ3n) is 3.56. The van der Waals surface area contributed by atoms with Crippen LogP contribution in [0.15, 0.2) is 18.3 Å². The number of anilines is 1. The van der Waals surface area contributed by atoms with Crippen molar-refractivity contribution in [3.63, 3.8) is 0 Å². The van der Waals surface area contributed by atoms with E-state index in [0.29, 0.717) is 25.4 Å². The zero-order valence-corrected chi connectivity index (χ0v) is 12.3. The summed E-state index contributed by atoms with van der Waals surface area (Å²) in [5, 5.41) is 2.95. The van der Waals surface area contributed by atoms with Gasteiger partial charge in [-0.3, -0.25) is 0 Å². The third kappa shape index (κ3) is 4.59. The Bertz CT molecular complexity index is 462. The first-order valence-corrected chi connectivity index (χ1v) is 7.26. The van der Waals surface area contributed by atoms with Gasteiger partial charge in [0.1, 0.15) is 5.82 Å². The van der Waals surface area contributed by atoms with Gasteiger partial charge in [0.15, 0.2) is 0 Å². The van der Waals surface area contributed by atoms with Crippen molar-refractivity contribution in [2.45, 2.75) is 51.4 Å². The van der Waals surface area contributed by atoms with Crippen molar-refractivity contribution in [2.75, 3.05) is 11.9 Å². The summed E-state index contributed by atoms with van der Waals surface area (Å²) in [5.41, 5.74) is -0.711. The minimum atomic E-state index is -4.39. The van der Waals surface area contributed by atoms with Crippen LogP contribution in [-0.4, -0.2) is 23.7 Å². The Balaban J connectivity index is 2.05. The zero-order chi connectivity index (χ0) is 15.5. The Kier molecular flexibility index (Phi) is 5.08. The Morgan fingerprint density at radius 1 is 1.43 bits per heavy atom. The molecule has 1 saturated heterocycles. The molecule has 0 radical (unpaired) electrons. The lowest BCUT2D eigenvalue weighted by Gasteiger charge is -2.31. The van der Waals surface area contributed by atoms with Crippen LogP contribution in [-0.2, 0) is 10.9 Å². The Labute approximate surface area is 122 Å². The predicted molar refractivity (Wildman–Crippen MR) is 75.1 cm³/mol. The van der Waals surface area contributed by atoms with E-state index in [1.54, 1.807) is 0 Å². The number of rotatable bonds is 4. The highest BCUT2D eigenvalue weighted by Gasteiger charge is 2.35. The predicted octanol–water partition coefficient (Wildman–Crippen LogP) is 4.11. The van der Waals surface area contributed by atoms with E-state index in [1.807, 2.05) is 0 Å². The van der Waals surface area contributed by atoms with Gasteiger partial charge in [-0.25, -0.2) is 4.98 Å². The lowest BCUT2D eigenvalue weighted by molar-refractivity contribution is -0.137. The molecule has 3 nitrogen and oxygen atoms in total. The first kappa shape index (κ1) is 16.1. The number of nitrogens with zero attached hydrogens (tertiary/aromatic N) is 1. The molecule has 1 N–H and O–H groups in total. The summed E-state index contributed by atoms with van der Waals surface area (Å²) in [7, 11) is 0. The Morgan fingerprint density at radius 2 is 2.19 bits per heavy atom. The van der Waals surface area contributed by atoms with Crippen LogP contribution in [0.4, 0.5) is 19.0 Å². The van der Waals surface area contributed by atoms with Crippen LogP contribution in [0, 0.1) is 5.92 Å². The van der Waals surface area contributed by atoms with Gasteiger partial charge in [-0.2, -0.15) is 13.2 Å². The van der Waals surface area contributed by atoms with Crippen LogP contribution < -0.4 is 5.32 Å². The fourth-order valence-corrected chi connectivity index (χ4v) is 2.64. The van der Waals surface area contributed by atoms with Crippen molar-refractivity contribution < 1.29 is 17.9 Å². The molecule has 0 amide bonds. The van der Waals surface area contributed by atoms with Crippen molar-refractivity contribution in [1.29, 1.82) is 0 Å². The van der Waals surface area contributed by atoms with Crippen molar-refractivity contribution in [1.82, 2.24) is 4.98 Å². The number of nitrogens with one attached hydrogen (secondary N) is 1. The quantitative estimate of drug-likeness (QED) is 0.909. The van der Waals surface area contributed by atoms with Gasteiger partial charge in [0.2, 0.25) is 0 Å². The normalized spacial score (nSPS) is 23.3. The molecular weight excluding hydrogens is 281 g/mol. The molecule has 0 aliphatic carbocycles. The summed E-state index contributed by atoms with van der Waals surface area (Å²) in [4.78, 5) is 3.85. The molecule has 1 fully saturated rings. The van der Waals surface area contributed by atoms with E-state index in [1.165, 1.54) is 12.3 Å². The van der Waals surface area contributed by atoms with Crippen molar-refractivity contribution in [3.05, 3.63) is 23.9 Å². The second-order valence-corrected chi connectivity index (χ2v) is 5.89. The van der Waals surface area contributed by atoms with E-state index in [2.05, 4.69) is 24.1 Å². The number of halogens is 3. The van der Waals surface area contributed by atoms with Gasteiger partial charge in [0, 0.05) is 18.8 Å². The molecule has 1 aromatic heterocycles. The molecule has 0 aromatic carbocycles. The highest BCUT2D eigenvalue weighted by molar-refractivity contribution is 5.46. The third-order valence-corrected chi connectivity index (χ3v) is 3.56. The van der Waals surface area contributed by atoms with Gasteiger partial charge < -0.3 is 10.1 Å². The minimum absolute atomic E-state index is 0.0292. The fourth-order valence-electron chi connectivity index (χ4n) is 2.64. The van der Waals surface area contributed by atoms with Gasteiger partial charge in [-0.1, -0.05) is 13.8 Å². The summed E-state index contributed by atoms with van der Waals surface area (Å²) in [6.07, 6.45) is -0.572. The summed E-state index contributed by atoms with van der Waals surface area (Å²) < 4.78 is 44.5. The maximum absolute atomic E-state index is 12.9. The van der Waals surface area contributed by atoms with Gasteiger partial charge in [-0.05, 0) is 37.3 Å². The van der Waals surface area contributed by atoms with Crippen LogP contribution in [0.2, 0.25) is 0 Å². The maximum Gasteiger partial charge on any atom is 0.419 e. The molecule has 2 rings (SSSR count). The van der Waals surface area contributed by atoms with Crippen molar-refractivity contribution >= 4 is 5.82 Å². The smallest absolute Gasteiger partial charge is 0.378 e. The van der Waals surface area contributed by atoms with E-state index in [-0.39, 0.29) is 18.0 Å². The lowest BCUT2D eigenvalue weighted by atomic mass is 9.96. The Hall–Kier alpha value is -1.30. The van der Waals surface area contributed by atoms with Crippen LogP contribution >= 0.6 is 0 Å². The second kappa shape index (κ2) is 6.64. The van der Waals surface area contributed by atoms with Crippen LogP contribution in [0.5, 0.6) is 0 Å². The molecule has 0 unspecified atom stereocenters. The van der Waals surface area contributed by atoms with Crippen LogP contribution in [0.3, 0.4) is 0 Å². The summed E-state index contributed by atoms with van der Waals surface area (Å²) in [5.74, 6) is 0.425. The largest absolute Gasteiger partial charge is 0.419 e. The zero-order valence-electron chi connectivity index (χ0n) is 12.3. The standard InChI is InChI=1S/C15H21F3N2O/c1-10(2)8-12-9-11(5-7-21-12)20-14-13(15(16,17)18)4-3-6-19-14/h3-4,6,10-12H,5,7-9H2,1-2H3,(H,19,20)/t11-,12-/m1/s1.